The molecule has 0 bridgehead atoms. The lowest BCUT2D eigenvalue weighted by Crippen LogP contribution is -2.15. The van der Waals surface area contributed by atoms with Crippen molar-refractivity contribution in [3.8, 4) is 0 Å². The molecule has 0 radical (unpaired) electrons. The van der Waals surface area contributed by atoms with Gasteiger partial charge in [-0.2, -0.15) is 0 Å². The molecule has 0 aliphatic rings. The molecule has 0 fully saturated rings. The van der Waals surface area contributed by atoms with E-state index in [1.165, 1.54) is 12.1 Å². The number of pyridine rings is 1. The number of hydrogen-bond acceptors (Lipinski definition) is 2. The first-order chi connectivity index (χ1) is 9.04. The maximum absolute atomic E-state index is 12.7. The van der Waals surface area contributed by atoms with Crippen molar-refractivity contribution in [2.75, 3.05) is 5.32 Å². The van der Waals surface area contributed by atoms with Gasteiger partial charge in [-0.05, 0) is 52.7 Å². The molecule has 0 saturated heterocycles. The standard InChI is InChI=1S/C14H12BrFN2O/c1-9-12(15)6-7-13(17-9)18-14(19)8-10-2-4-11(16)5-3-10/h2-7H,8H2,1H3,(H,17,18,19). The lowest BCUT2D eigenvalue weighted by Gasteiger charge is -2.06. The first-order valence-corrected chi connectivity index (χ1v) is 6.51. The van der Waals surface area contributed by atoms with Crippen molar-refractivity contribution >= 4 is 27.7 Å². The summed E-state index contributed by atoms with van der Waals surface area (Å²) in [6, 6.07) is 9.41. The molecule has 98 valence electrons. The number of anilines is 1. The normalized spacial score (nSPS) is 10.3. The van der Waals surface area contributed by atoms with E-state index in [4.69, 9.17) is 0 Å². The minimum absolute atomic E-state index is 0.180. The third kappa shape index (κ3) is 3.86. The molecule has 1 aromatic carbocycles. The zero-order chi connectivity index (χ0) is 13.8. The van der Waals surface area contributed by atoms with Crippen LogP contribution in [0.2, 0.25) is 0 Å². The molecule has 1 N–H and O–H groups in total. The molecule has 0 aliphatic heterocycles. The Hall–Kier alpha value is -1.75. The van der Waals surface area contributed by atoms with E-state index in [9.17, 15) is 9.18 Å². The number of aromatic nitrogens is 1. The smallest absolute Gasteiger partial charge is 0.229 e. The van der Waals surface area contributed by atoms with Crippen molar-refractivity contribution in [3.05, 3.63) is 57.9 Å². The summed E-state index contributed by atoms with van der Waals surface area (Å²) in [6.07, 6.45) is 0.192. The summed E-state index contributed by atoms with van der Waals surface area (Å²) in [5, 5.41) is 2.71. The quantitative estimate of drug-likeness (QED) is 0.940. The van der Waals surface area contributed by atoms with Gasteiger partial charge in [-0.3, -0.25) is 4.79 Å². The van der Waals surface area contributed by atoms with Crippen LogP contribution in [0.15, 0.2) is 40.9 Å². The monoisotopic (exact) mass is 322 g/mol. The molecular formula is C14H12BrFN2O. The first kappa shape index (κ1) is 13.7. The maximum Gasteiger partial charge on any atom is 0.229 e. The third-order valence-electron chi connectivity index (χ3n) is 2.57. The highest BCUT2D eigenvalue weighted by Gasteiger charge is 2.06. The number of nitrogens with one attached hydrogen (secondary N) is 1. The average Bonchev–Trinajstić information content (AvgIpc) is 2.37. The van der Waals surface area contributed by atoms with E-state index >= 15 is 0 Å². The second-order valence-corrected chi connectivity index (χ2v) is 4.97. The topological polar surface area (TPSA) is 42.0 Å². The Kier molecular flexibility index (Phi) is 4.27. The van der Waals surface area contributed by atoms with Gasteiger partial charge in [0.05, 0.1) is 12.1 Å². The number of benzene rings is 1. The molecule has 0 saturated carbocycles. The Bertz CT molecular complexity index is 599. The Morgan fingerprint density at radius 2 is 1.95 bits per heavy atom. The Labute approximate surface area is 119 Å². The van der Waals surface area contributed by atoms with Gasteiger partial charge in [0.25, 0.3) is 0 Å². The molecule has 0 atom stereocenters. The van der Waals surface area contributed by atoms with Gasteiger partial charge < -0.3 is 5.32 Å². The summed E-state index contributed by atoms with van der Waals surface area (Å²) in [7, 11) is 0. The lowest BCUT2D eigenvalue weighted by atomic mass is 10.1. The number of carbonyl (C=O) groups excluding carboxylic acids is 1. The van der Waals surface area contributed by atoms with Crippen LogP contribution in [0.25, 0.3) is 0 Å². The predicted molar refractivity (Wildman–Crippen MR) is 75.4 cm³/mol. The van der Waals surface area contributed by atoms with Gasteiger partial charge in [0.1, 0.15) is 11.6 Å². The maximum atomic E-state index is 12.7. The fraction of sp³-hybridized carbons (Fsp3) is 0.143. The largest absolute Gasteiger partial charge is 0.310 e. The van der Waals surface area contributed by atoms with Crippen molar-refractivity contribution in [2.45, 2.75) is 13.3 Å². The van der Waals surface area contributed by atoms with Crippen molar-refractivity contribution in [1.82, 2.24) is 4.98 Å². The molecule has 0 spiro atoms. The minimum atomic E-state index is -0.311. The van der Waals surface area contributed by atoms with Gasteiger partial charge in [0.2, 0.25) is 5.91 Å². The van der Waals surface area contributed by atoms with E-state index < -0.39 is 0 Å². The molecule has 19 heavy (non-hydrogen) atoms. The molecule has 5 heteroatoms. The van der Waals surface area contributed by atoms with Crippen LogP contribution >= 0.6 is 15.9 Å². The van der Waals surface area contributed by atoms with Gasteiger partial charge in [-0.1, -0.05) is 12.1 Å². The summed E-state index contributed by atoms with van der Waals surface area (Å²) in [4.78, 5) is 16.0. The van der Waals surface area contributed by atoms with Gasteiger partial charge >= 0.3 is 0 Å². The molecule has 2 aromatic rings. The highest BCUT2D eigenvalue weighted by molar-refractivity contribution is 9.10. The predicted octanol–water partition coefficient (Wildman–Crippen LogP) is 3.47. The summed E-state index contributed by atoms with van der Waals surface area (Å²) in [5.74, 6) is 0.0167. The Morgan fingerprint density at radius 3 is 2.58 bits per heavy atom. The molecule has 1 heterocycles. The van der Waals surface area contributed by atoms with E-state index in [0.29, 0.717) is 5.82 Å². The summed E-state index contributed by atoms with van der Waals surface area (Å²) in [5.41, 5.74) is 1.56. The number of aryl methyl sites for hydroxylation is 1. The van der Waals surface area contributed by atoms with Gasteiger partial charge in [0.15, 0.2) is 0 Å². The van der Waals surface area contributed by atoms with E-state index in [2.05, 4.69) is 26.2 Å². The molecule has 3 nitrogen and oxygen atoms in total. The molecular weight excluding hydrogens is 311 g/mol. The zero-order valence-corrected chi connectivity index (χ0v) is 11.9. The number of rotatable bonds is 3. The Morgan fingerprint density at radius 1 is 1.26 bits per heavy atom. The summed E-state index contributed by atoms with van der Waals surface area (Å²) in [6.45, 7) is 1.85. The molecule has 0 aliphatic carbocycles. The molecule has 1 aromatic heterocycles. The molecule has 0 unspecified atom stereocenters. The van der Waals surface area contributed by atoms with E-state index in [-0.39, 0.29) is 18.1 Å². The van der Waals surface area contributed by atoms with Gasteiger partial charge in [-0.15, -0.1) is 0 Å². The summed E-state index contributed by atoms with van der Waals surface area (Å²) < 4.78 is 13.6. The van der Waals surface area contributed by atoms with Crippen LogP contribution in [0.3, 0.4) is 0 Å². The summed E-state index contributed by atoms with van der Waals surface area (Å²) >= 11 is 3.35. The van der Waals surface area contributed by atoms with E-state index in [1.807, 2.05) is 13.0 Å². The highest BCUT2D eigenvalue weighted by atomic mass is 79.9. The number of halogens is 2. The van der Waals surface area contributed by atoms with Crippen molar-refractivity contribution in [3.63, 3.8) is 0 Å². The fourth-order valence-corrected chi connectivity index (χ4v) is 1.81. The average molecular weight is 323 g/mol. The number of hydrogen-bond donors (Lipinski definition) is 1. The number of carbonyl (C=O) groups is 1. The van der Waals surface area contributed by atoms with Gasteiger partial charge in [-0.25, -0.2) is 9.37 Å². The van der Waals surface area contributed by atoms with Crippen molar-refractivity contribution < 1.29 is 9.18 Å². The lowest BCUT2D eigenvalue weighted by molar-refractivity contribution is -0.115. The molecule has 2 rings (SSSR count). The second-order valence-electron chi connectivity index (χ2n) is 4.12. The van der Waals surface area contributed by atoms with Crippen LogP contribution < -0.4 is 5.32 Å². The second kappa shape index (κ2) is 5.93. The van der Waals surface area contributed by atoms with Gasteiger partial charge in [0, 0.05) is 4.47 Å². The fourth-order valence-electron chi connectivity index (χ4n) is 1.59. The van der Waals surface area contributed by atoms with Crippen molar-refractivity contribution in [2.24, 2.45) is 0 Å². The Balaban J connectivity index is 2.01. The molecule has 1 amide bonds. The first-order valence-electron chi connectivity index (χ1n) is 5.72. The third-order valence-corrected chi connectivity index (χ3v) is 3.40. The minimum Gasteiger partial charge on any atom is -0.310 e. The number of amides is 1. The van der Waals surface area contributed by atoms with Crippen LogP contribution in [0.4, 0.5) is 10.2 Å². The van der Waals surface area contributed by atoms with Crippen LogP contribution in [0.1, 0.15) is 11.3 Å². The zero-order valence-electron chi connectivity index (χ0n) is 10.3. The van der Waals surface area contributed by atoms with Crippen LogP contribution in [-0.4, -0.2) is 10.9 Å². The van der Waals surface area contributed by atoms with Crippen LogP contribution in [0, 0.1) is 12.7 Å². The van der Waals surface area contributed by atoms with Crippen molar-refractivity contribution in [1.29, 1.82) is 0 Å². The van der Waals surface area contributed by atoms with E-state index in [1.54, 1.807) is 18.2 Å². The van der Waals surface area contributed by atoms with E-state index in [0.717, 1.165) is 15.7 Å². The highest BCUT2D eigenvalue weighted by Crippen LogP contribution is 2.16. The van der Waals surface area contributed by atoms with Crippen LogP contribution in [0.5, 0.6) is 0 Å². The SMILES string of the molecule is Cc1nc(NC(=O)Cc2ccc(F)cc2)ccc1Br. The van der Waals surface area contributed by atoms with Crippen LogP contribution in [-0.2, 0) is 11.2 Å². The number of nitrogens with zero attached hydrogens (tertiary/aromatic N) is 1.